The number of thiophene rings is 1. The summed E-state index contributed by atoms with van der Waals surface area (Å²) < 4.78 is 0. The van der Waals surface area contributed by atoms with Crippen molar-refractivity contribution in [2.24, 2.45) is 11.8 Å². The fourth-order valence-corrected chi connectivity index (χ4v) is 2.92. The van der Waals surface area contributed by atoms with Gasteiger partial charge in [-0.1, -0.05) is 6.92 Å². The Bertz CT molecular complexity index is 492. The SMILES string of the molecule is Cc1sc(NC(=O)C2CC2C)c(C(=O)O)c1C. The minimum atomic E-state index is -0.981. The number of hydrogen-bond donors (Lipinski definition) is 2. The third kappa shape index (κ3) is 2.20. The largest absolute Gasteiger partial charge is 0.478 e. The lowest BCUT2D eigenvalue weighted by atomic mass is 10.1. The van der Waals surface area contributed by atoms with Crippen molar-refractivity contribution in [1.29, 1.82) is 0 Å². The summed E-state index contributed by atoms with van der Waals surface area (Å²) in [6.45, 7) is 5.65. The first-order valence-electron chi connectivity index (χ1n) is 5.56. The lowest BCUT2D eigenvalue weighted by molar-refractivity contribution is -0.117. The molecular weight excluding hydrogens is 238 g/mol. The van der Waals surface area contributed by atoms with Crippen LogP contribution >= 0.6 is 11.3 Å². The van der Waals surface area contributed by atoms with Crippen LogP contribution in [-0.2, 0) is 4.79 Å². The summed E-state index contributed by atoms with van der Waals surface area (Å²) in [5.41, 5.74) is 0.968. The highest BCUT2D eigenvalue weighted by Crippen LogP contribution is 2.40. The summed E-state index contributed by atoms with van der Waals surface area (Å²) in [4.78, 5) is 23.9. The number of anilines is 1. The highest BCUT2D eigenvalue weighted by Gasteiger charge is 2.39. The Kier molecular flexibility index (Phi) is 2.95. The smallest absolute Gasteiger partial charge is 0.338 e. The number of carbonyl (C=O) groups is 2. The van der Waals surface area contributed by atoms with Gasteiger partial charge < -0.3 is 10.4 Å². The molecule has 1 aromatic rings. The molecule has 0 saturated heterocycles. The van der Waals surface area contributed by atoms with Gasteiger partial charge in [-0.05, 0) is 31.7 Å². The maximum Gasteiger partial charge on any atom is 0.338 e. The molecule has 4 nitrogen and oxygen atoms in total. The van der Waals surface area contributed by atoms with Crippen molar-refractivity contribution in [2.75, 3.05) is 5.32 Å². The van der Waals surface area contributed by atoms with Gasteiger partial charge in [-0.2, -0.15) is 0 Å². The second-order valence-corrected chi connectivity index (χ2v) is 5.83. The van der Waals surface area contributed by atoms with E-state index in [0.717, 1.165) is 16.9 Å². The minimum absolute atomic E-state index is 0.0544. The first-order valence-corrected chi connectivity index (χ1v) is 6.37. The van der Waals surface area contributed by atoms with E-state index in [1.807, 2.05) is 13.8 Å². The molecule has 0 radical (unpaired) electrons. The fourth-order valence-electron chi connectivity index (χ4n) is 1.86. The van der Waals surface area contributed by atoms with Crippen LogP contribution in [0, 0.1) is 25.7 Å². The van der Waals surface area contributed by atoms with Gasteiger partial charge in [0.1, 0.15) is 5.00 Å². The Hall–Kier alpha value is -1.36. The van der Waals surface area contributed by atoms with Crippen molar-refractivity contribution >= 4 is 28.2 Å². The third-order valence-electron chi connectivity index (χ3n) is 3.28. The molecule has 92 valence electrons. The van der Waals surface area contributed by atoms with Crippen LogP contribution in [0.4, 0.5) is 5.00 Å². The van der Waals surface area contributed by atoms with Crippen LogP contribution in [0.25, 0.3) is 0 Å². The van der Waals surface area contributed by atoms with Crippen molar-refractivity contribution < 1.29 is 14.7 Å². The average molecular weight is 253 g/mol. The highest BCUT2D eigenvalue weighted by atomic mass is 32.1. The molecule has 2 N–H and O–H groups in total. The molecule has 0 bridgehead atoms. The molecule has 2 unspecified atom stereocenters. The maximum atomic E-state index is 11.8. The van der Waals surface area contributed by atoms with Crippen molar-refractivity contribution in [2.45, 2.75) is 27.2 Å². The molecule has 1 aliphatic rings. The number of rotatable bonds is 3. The van der Waals surface area contributed by atoms with Crippen molar-refractivity contribution in [3.63, 3.8) is 0 Å². The highest BCUT2D eigenvalue weighted by molar-refractivity contribution is 7.16. The molecular formula is C12H15NO3S. The summed E-state index contributed by atoms with van der Waals surface area (Å²) in [5, 5.41) is 12.3. The summed E-state index contributed by atoms with van der Waals surface area (Å²) >= 11 is 1.33. The van der Waals surface area contributed by atoms with Gasteiger partial charge in [0.25, 0.3) is 0 Å². The average Bonchev–Trinajstić information content (AvgIpc) is 2.87. The number of carbonyl (C=O) groups excluding carboxylic acids is 1. The van der Waals surface area contributed by atoms with Crippen LogP contribution in [-0.4, -0.2) is 17.0 Å². The van der Waals surface area contributed by atoms with E-state index in [1.165, 1.54) is 11.3 Å². The number of amides is 1. The number of carboxylic acid groups (broad SMARTS) is 1. The van der Waals surface area contributed by atoms with Gasteiger partial charge in [-0.3, -0.25) is 4.79 Å². The molecule has 17 heavy (non-hydrogen) atoms. The van der Waals surface area contributed by atoms with Crippen molar-refractivity contribution in [3.8, 4) is 0 Å². The van der Waals surface area contributed by atoms with Crippen LogP contribution in [0.3, 0.4) is 0 Å². The molecule has 2 atom stereocenters. The molecule has 1 fully saturated rings. The summed E-state index contributed by atoms with van der Waals surface area (Å²) in [5.74, 6) is -0.558. The van der Waals surface area contributed by atoms with Crippen LogP contribution < -0.4 is 5.32 Å². The van der Waals surface area contributed by atoms with E-state index in [4.69, 9.17) is 5.11 Å². The Morgan fingerprint density at radius 3 is 2.47 bits per heavy atom. The van der Waals surface area contributed by atoms with Gasteiger partial charge in [0, 0.05) is 10.8 Å². The van der Waals surface area contributed by atoms with Crippen LogP contribution in [0.15, 0.2) is 0 Å². The van der Waals surface area contributed by atoms with Gasteiger partial charge in [0.15, 0.2) is 0 Å². The molecule has 1 heterocycles. The minimum Gasteiger partial charge on any atom is -0.478 e. The van der Waals surface area contributed by atoms with E-state index in [9.17, 15) is 9.59 Å². The zero-order chi connectivity index (χ0) is 12.7. The van der Waals surface area contributed by atoms with Crippen LogP contribution in [0.5, 0.6) is 0 Å². The zero-order valence-corrected chi connectivity index (χ0v) is 10.9. The Morgan fingerprint density at radius 2 is 2.00 bits per heavy atom. The lowest BCUT2D eigenvalue weighted by Gasteiger charge is -2.03. The molecule has 1 aliphatic carbocycles. The molecule has 1 saturated carbocycles. The number of hydrogen-bond acceptors (Lipinski definition) is 3. The fraction of sp³-hybridized carbons (Fsp3) is 0.500. The first kappa shape index (κ1) is 12.1. The van der Waals surface area contributed by atoms with E-state index in [0.29, 0.717) is 10.9 Å². The standard InChI is InChI=1S/C12H15NO3S/c1-5-4-8(5)10(14)13-11-9(12(15)16)6(2)7(3)17-11/h5,8H,4H2,1-3H3,(H,13,14)(H,15,16). The van der Waals surface area contributed by atoms with E-state index in [2.05, 4.69) is 5.32 Å². The lowest BCUT2D eigenvalue weighted by Crippen LogP contribution is -2.15. The summed E-state index contributed by atoms with van der Waals surface area (Å²) in [7, 11) is 0. The molecule has 0 aromatic carbocycles. The normalized spacial score (nSPS) is 22.3. The first-order chi connectivity index (χ1) is 7.91. The van der Waals surface area contributed by atoms with Gasteiger partial charge in [0.05, 0.1) is 5.56 Å². The number of nitrogens with one attached hydrogen (secondary N) is 1. The van der Waals surface area contributed by atoms with E-state index < -0.39 is 5.97 Å². The molecule has 5 heteroatoms. The predicted molar refractivity (Wildman–Crippen MR) is 66.7 cm³/mol. The molecule has 1 amide bonds. The zero-order valence-electron chi connectivity index (χ0n) is 10.0. The van der Waals surface area contributed by atoms with E-state index in [1.54, 1.807) is 6.92 Å². The summed E-state index contributed by atoms with van der Waals surface area (Å²) in [6.07, 6.45) is 0.900. The number of carboxylic acids is 1. The third-order valence-corrected chi connectivity index (χ3v) is 4.40. The van der Waals surface area contributed by atoms with Crippen molar-refractivity contribution in [3.05, 3.63) is 16.0 Å². The predicted octanol–water partition coefficient (Wildman–Crippen LogP) is 2.66. The molecule has 0 aliphatic heterocycles. The van der Waals surface area contributed by atoms with Gasteiger partial charge in [0.2, 0.25) is 5.91 Å². The molecule has 0 spiro atoms. The Balaban J connectivity index is 2.23. The van der Waals surface area contributed by atoms with Gasteiger partial charge >= 0.3 is 5.97 Å². The topological polar surface area (TPSA) is 66.4 Å². The van der Waals surface area contributed by atoms with Crippen LogP contribution in [0.2, 0.25) is 0 Å². The van der Waals surface area contributed by atoms with E-state index in [-0.39, 0.29) is 17.4 Å². The second-order valence-electron chi connectivity index (χ2n) is 4.60. The number of aryl methyl sites for hydroxylation is 1. The quantitative estimate of drug-likeness (QED) is 0.870. The Morgan fingerprint density at radius 1 is 1.41 bits per heavy atom. The number of aromatic carboxylic acids is 1. The van der Waals surface area contributed by atoms with E-state index >= 15 is 0 Å². The maximum absolute atomic E-state index is 11.8. The monoisotopic (exact) mass is 253 g/mol. The molecule has 2 rings (SSSR count). The summed E-state index contributed by atoms with van der Waals surface area (Å²) in [6, 6.07) is 0. The van der Waals surface area contributed by atoms with Crippen LogP contribution in [0.1, 0.15) is 34.1 Å². The van der Waals surface area contributed by atoms with Gasteiger partial charge in [-0.15, -0.1) is 11.3 Å². The van der Waals surface area contributed by atoms with Gasteiger partial charge in [-0.25, -0.2) is 4.79 Å². The Labute approximate surface area is 104 Å². The van der Waals surface area contributed by atoms with Crippen molar-refractivity contribution in [1.82, 2.24) is 0 Å². The molecule has 1 aromatic heterocycles. The second kappa shape index (κ2) is 4.14.